The second kappa shape index (κ2) is 9.89. The van der Waals surface area contributed by atoms with Gasteiger partial charge in [0, 0.05) is 16.5 Å². The number of methoxy groups -OCH3 is 1. The number of carbonyl (C=O) groups excluding carboxylic acids is 1. The number of thioether (sulfide) groups is 1. The molecular weight excluding hydrogens is 444 g/mol. The van der Waals surface area contributed by atoms with Crippen LogP contribution < -0.4 is 20.6 Å². The summed E-state index contributed by atoms with van der Waals surface area (Å²) < 4.78 is 5.78. The van der Waals surface area contributed by atoms with Gasteiger partial charge in [0.15, 0.2) is 11.3 Å². The van der Waals surface area contributed by atoms with Crippen LogP contribution in [0.25, 0.3) is 16.5 Å². The molecule has 1 amide bonds. The fourth-order valence-electron chi connectivity index (χ4n) is 4.50. The van der Waals surface area contributed by atoms with Crippen molar-refractivity contribution in [3.05, 3.63) is 76.8 Å². The van der Waals surface area contributed by atoms with Crippen LogP contribution in [0.15, 0.2) is 70.8 Å². The van der Waals surface area contributed by atoms with Crippen LogP contribution in [0.3, 0.4) is 0 Å². The molecule has 2 aliphatic rings. The Hall–Kier alpha value is -3.32. The Balaban J connectivity index is 1.64. The van der Waals surface area contributed by atoms with Crippen LogP contribution in [0.2, 0.25) is 0 Å². The van der Waals surface area contributed by atoms with Crippen molar-refractivity contribution in [3.8, 4) is 5.75 Å². The van der Waals surface area contributed by atoms with E-state index in [1.165, 1.54) is 19.3 Å². The number of para-hydroxylation sites is 1. The second-order valence-corrected chi connectivity index (χ2v) is 9.47. The van der Waals surface area contributed by atoms with Crippen molar-refractivity contribution in [3.63, 3.8) is 0 Å². The first-order valence-corrected chi connectivity index (χ1v) is 12.7. The monoisotopic (exact) mass is 472 g/mol. The van der Waals surface area contributed by atoms with E-state index in [4.69, 9.17) is 14.8 Å². The third-order valence-corrected chi connectivity index (χ3v) is 7.11. The zero-order valence-electron chi connectivity index (χ0n) is 19.5. The molecule has 1 N–H and O–H groups in total. The van der Waals surface area contributed by atoms with Crippen molar-refractivity contribution in [2.45, 2.75) is 38.8 Å². The first-order valence-electron chi connectivity index (χ1n) is 11.8. The van der Waals surface area contributed by atoms with Gasteiger partial charge in [-0.25, -0.2) is 5.01 Å². The molecule has 0 saturated carbocycles. The maximum atomic E-state index is 13.4. The summed E-state index contributed by atoms with van der Waals surface area (Å²) in [6.45, 7) is 2.20. The van der Waals surface area contributed by atoms with Gasteiger partial charge in [-0.05, 0) is 29.3 Å². The van der Waals surface area contributed by atoms with Gasteiger partial charge in [0.1, 0.15) is 11.4 Å². The highest BCUT2D eigenvalue weighted by Crippen LogP contribution is 2.40. The van der Waals surface area contributed by atoms with E-state index in [2.05, 4.69) is 24.4 Å². The molecule has 1 atom stereocenters. The average Bonchev–Trinajstić information content (AvgIpc) is 2.87. The van der Waals surface area contributed by atoms with Crippen molar-refractivity contribution < 1.29 is 9.53 Å². The molecule has 34 heavy (non-hydrogen) atoms. The van der Waals surface area contributed by atoms with Crippen LogP contribution in [0, 0.1) is 0 Å². The fraction of sp³-hybridized carbons (Fsp3) is 0.296. The molecule has 0 fully saturated rings. The number of ether oxygens (including phenoxy) is 1. The summed E-state index contributed by atoms with van der Waals surface area (Å²) in [6.07, 6.45) is 4.18. The van der Waals surface area contributed by atoms with E-state index in [0.717, 1.165) is 44.8 Å². The maximum absolute atomic E-state index is 13.4. The van der Waals surface area contributed by atoms with Crippen molar-refractivity contribution in [1.82, 2.24) is 10.3 Å². The van der Waals surface area contributed by atoms with Gasteiger partial charge in [0.25, 0.3) is 5.91 Å². The van der Waals surface area contributed by atoms with Gasteiger partial charge in [-0.1, -0.05) is 86.5 Å². The third-order valence-electron chi connectivity index (χ3n) is 6.16. The van der Waals surface area contributed by atoms with Crippen molar-refractivity contribution in [1.29, 1.82) is 0 Å². The van der Waals surface area contributed by atoms with Crippen molar-refractivity contribution >= 4 is 39.3 Å². The quantitative estimate of drug-likeness (QED) is 0.521. The summed E-state index contributed by atoms with van der Waals surface area (Å²) in [5.74, 6) is 1.48. The number of nitrogens with zero attached hydrogens (tertiary/aromatic N) is 3. The normalized spacial score (nSPS) is 16.9. The van der Waals surface area contributed by atoms with Gasteiger partial charge in [0.2, 0.25) is 0 Å². The van der Waals surface area contributed by atoms with Gasteiger partial charge in [-0.3, -0.25) is 15.1 Å². The van der Waals surface area contributed by atoms with Crippen LogP contribution in [0.5, 0.6) is 5.75 Å². The predicted molar refractivity (Wildman–Crippen MR) is 138 cm³/mol. The lowest BCUT2D eigenvalue weighted by Gasteiger charge is -2.35. The summed E-state index contributed by atoms with van der Waals surface area (Å²) in [7, 11) is 1.67. The molecule has 5 rings (SSSR count). The van der Waals surface area contributed by atoms with Crippen LogP contribution in [0.1, 0.15) is 44.3 Å². The number of nitrogens with one attached hydrogen (secondary N) is 1. The Bertz CT molecular complexity index is 1380. The molecule has 2 heterocycles. The minimum atomic E-state index is -0.521. The second-order valence-electron chi connectivity index (χ2n) is 8.38. The smallest absolute Gasteiger partial charge is 0.276 e. The summed E-state index contributed by atoms with van der Waals surface area (Å²) >= 11 is 1.59. The molecule has 3 aromatic carbocycles. The molecule has 0 aromatic heterocycles. The topological polar surface area (TPSA) is 66.3 Å². The summed E-state index contributed by atoms with van der Waals surface area (Å²) in [5.41, 5.74) is 1.42. The van der Waals surface area contributed by atoms with Crippen LogP contribution >= 0.6 is 11.8 Å². The SMILES string of the molecule is CCCCCCSC1=NN2C(=c3ccccc3=N[C@H]2c2c(OC)ccc3ccccc23)C(=O)N1. The van der Waals surface area contributed by atoms with Gasteiger partial charge in [-0.15, -0.1) is 5.10 Å². The molecule has 0 radical (unpaired) electrons. The molecule has 7 heteroatoms. The standard InChI is InChI=1S/C27H28N4O2S/c1-3-4-5-10-17-34-27-29-26(32)24-20-13-8-9-14-21(20)28-25(31(24)30-27)23-19-12-7-6-11-18(19)15-16-22(23)33-2/h6-9,11-16,25H,3-5,10,17H2,1-2H3,(H,29,30,32)/t25-/m1/s1. The van der Waals surface area contributed by atoms with Gasteiger partial charge in [0.05, 0.1) is 12.5 Å². The molecule has 0 aliphatic carbocycles. The van der Waals surface area contributed by atoms with Crippen LogP contribution in [0.4, 0.5) is 0 Å². The maximum Gasteiger partial charge on any atom is 0.276 e. The van der Waals surface area contributed by atoms with E-state index in [1.807, 2.05) is 48.5 Å². The Kier molecular flexibility index (Phi) is 6.54. The molecular formula is C27H28N4O2S. The highest BCUT2D eigenvalue weighted by atomic mass is 32.2. The van der Waals surface area contributed by atoms with Gasteiger partial charge in [-0.2, -0.15) is 0 Å². The van der Waals surface area contributed by atoms with E-state index >= 15 is 0 Å². The molecule has 0 spiro atoms. The number of hydrogen-bond donors (Lipinski definition) is 1. The number of hydrazone groups is 1. The van der Waals surface area contributed by atoms with Crippen LogP contribution in [-0.4, -0.2) is 28.9 Å². The van der Waals surface area contributed by atoms with E-state index in [-0.39, 0.29) is 5.91 Å². The summed E-state index contributed by atoms with van der Waals surface area (Å²) in [5, 5.41) is 14.0. The Morgan fingerprint density at radius 3 is 2.71 bits per heavy atom. The first-order chi connectivity index (χ1) is 16.7. The third kappa shape index (κ3) is 4.16. The Labute approximate surface area is 203 Å². The first kappa shape index (κ1) is 22.5. The lowest BCUT2D eigenvalue weighted by atomic mass is 9.99. The summed E-state index contributed by atoms with van der Waals surface area (Å²) in [6, 6.07) is 19.9. The average molecular weight is 473 g/mol. The largest absolute Gasteiger partial charge is 0.496 e. The summed E-state index contributed by atoms with van der Waals surface area (Å²) in [4.78, 5) is 18.5. The predicted octanol–water partition coefficient (Wildman–Crippen LogP) is 4.30. The molecule has 6 nitrogen and oxygen atoms in total. The zero-order valence-corrected chi connectivity index (χ0v) is 20.3. The zero-order chi connectivity index (χ0) is 23.5. The number of amidine groups is 1. The van der Waals surface area contributed by atoms with Crippen molar-refractivity contribution in [2.75, 3.05) is 12.9 Å². The number of hydrogen-bond acceptors (Lipinski definition) is 6. The van der Waals surface area contributed by atoms with Gasteiger partial charge >= 0.3 is 0 Å². The van der Waals surface area contributed by atoms with E-state index in [9.17, 15) is 4.79 Å². The fourth-order valence-corrected chi connectivity index (χ4v) is 5.35. The number of fused-ring (bicyclic) bond motifs is 3. The van der Waals surface area contributed by atoms with Crippen molar-refractivity contribution in [2.24, 2.45) is 10.1 Å². The number of unbranched alkanes of at least 4 members (excludes halogenated alkanes) is 3. The Morgan fingerprint density at radius 2 is 1.85 bits per heavy atom. The Morgan fingerprint density at radius 1 is 1.03 bits per heavy atom. The number of carbonyl (C=O) groups is 1. The highest BCUT2D eigenvalue weighted by Gasteiger charge is 2.36. The lowest BCUT2D eigenvalue weighted by Crippen LogP contribution is -2.50. The molecule has 3 aromatic rings. The molecule has 0 bridgehead atoms. The van der Waals surface area contributed by atoms with E-state index < -0.39 is 6.17 Å². The lowest BCUT2D eigenvalue weighted by molar-refractivity contribution is -0.116. The number of rotatable bonds is 7. The molecule has 174 valence electrons. The highest BCUT2D eigenvalue weighted by molar-refractivity contribution is 8.13. The molecule has 0 saturated heterocycles. The minimum absolute atomic E-state index is 0.155. The number of benzene rings is 3. The van der Waals surface area contributed by atoms with E-state index in [0.29, 0.717) is 10.9 Å². The van der Waals surface area contributed by atoms with E-state index in [1.54, 1.807) is 23.9 Å². The minimum Gasteiger partial charge on any atom is -0.496 e. The molecule has 2 aliphatic heterocycles. The molecule has 0 unspecified atom stereocenters. The van der Waals surface area contributed by atoms with Gasteiger partial charge < -0.3 is 4.74 Å². The van der Waals surface area contributed by atoms with Crippen LogP contribution in [-0.2, 0) is 4.79 Å². The number of amides is 1.